The molecular weight excluding hydrogens is 214 g/mol. The van der Waals surface area contributed by atoms with Crippen LogP contribution in [0.2, 0.25) is 0 Å². The quantitative estimate of drug-likeness (QED) is 0.784. The second-order valence-corrected chi connectivity index (χ2v) is 2.66. The first-order chi connectivity index (χ1) is 5.43. The molecule has 0 saturated carbocycles. The molecule has 2 heteroatoms. The Morgan fingerprint density at radius 3 is 2.42 bits per heavy atom. The van der Waals surface area contributed by atoms with E-state index in [1.165, 1.54) is 12.0 Å². The first-order valence-electron chi connectivity index (χ1n) is 4.18. The molecule has 0 unspecified atom stereocenters. The molecular formula is C10H16BrN. The van der Waals surface area contributed by atoms with Gasteiger partial charge in [0.15, 0.2) is 0 Å². The summed E-state index contributed by atoms with van der Waals surface area (Å²) in [7, 11) is 0. The Morgan fingerprint density at radius 2 is 1.83 bits per heavy atom. The summed E-state index contributed by atoms with van der Waals surface area (Å²) in [4.78, 5) is 0. The smallest absolute Gasteiger partial charge is 0.0205 e. The second-order valence-electron chi connectivity index (χ2n) is 2.66. The summed E-state index contributed by atoms with van der Waals surface area (Å²) in [6.07, 6.45) is 1.20. The lowest BCUT2D eigenvalue weighted by molar-refractivity contribution is 0.675. The first kappa shape index (κ1) is 11.7. The van der Waals surface area contributed by atoms with Gasteiger partial charge < -0.3 is 5.32 Å². The largest absolute Gasteiger partial charge is 0.313 e. The van der Waals surface area contributed by atoms with E-state index in [1.807, 2.05) is 6.07 Å². The zero-order valence-electron chi connectivity index (χ0n) is 7.42. The highest BCUT2D eigenvalue weighted by Gasteiger charge is 1.87. The summed E-state index contributed by atoms with van der Waals surface area (Å²) < 4.78 is 0. The van der Waals surface area contributed by atoms with Gasteiger partial charge in [-0.3, -0.25) is 0 Å². The van der Waals surface area contributed by atoms with Crippen molar-refractivity contribution in [2.45, 2.75) is 19.9 Å². The fraction of sp³-hybridized carbons (Fsp3) is 0.400. The van der Waals surface area contributed by atoms with E-state index in [1.54, 1.807) is 0 Å². The molecule has 0 bridgehead atoms. The van der Waals surface area contributed by atoms with Crippen LogP contribution >= 0.6 is 17.0 Å². The number of halogens is 1. The molecule has 0 radical (unpaired) electrons. The summed E-state index contributed by atoms with van der Waals surface area (Å²) in [6.45, 7) is 4.28. The summed E-state index contributed by atoms with van der Waals surface area (Å²) in [5.74, 6) is 0. The van der Waals surface area contributed by atoms with E-state index >= 15 is 0 Å². The molecule has 1 nitrogen and oxygen atoms in total. The Kier molecular flexibility index (Phi) is 7.11. The van der Waals surface area contributed by atoms with Gasteiger partial charge in [0.2, 0.25) is 0 Å². The van der Waals surface area contributed by atoms with Gasteiger partial charge in [-0.25, -0.2) is 0 Å². The third-order valence-electron chi connectivity index (χ3n) is 1.60. The molecule has 0 fully saturated rings. The molecule has 0 aliphatic heterocycles. The summed E-state index contributed by atoms with van der Waals surface area (Å²) in [5, 5.41) is 3.35. The maximum atomic E-state index is 3.35. The average molecular weight is 230 g/mol. The molecule has 1 aromatic rings. The molecule has 68 valence electrons. The molecule has 0 saturated heterocycles. The number of benzene rings is 1. The molecule has 0 aromatic heterocycles. The van der Waals surface area contributed by atoms with Crippen molar-refractivity contribution in [2.75, 3.05) is 6.54 Å². The number of nitrogens with one attached hydrogen (secondary N) is 1. The Bertz CT molecular complexity index is 186. The molecule has 0 spiro atoms. The average Bonchev–Trinajstić information content (AvgIpc) is 2.07. The molecule has 12 heavy (non-hydrogen) atoms. The Hall–Kier alpha value is -0.340. The minimum atomic E-state index is 0. The molecule has 0 atom stereocenters. The van der Waals surface area contributed by atoms with Crippen molar-refractivity contribution in [1.29, 1.82) is 0 Å². The highest BCUT2D eigenvalue weighted by Crippen LogP contribution is 1.96. The minimum absolute atomic E-state index is 0. The Balaban J connectivity index is 0.00000121. The van der Waals surface area contributed by atoms with Crippen LogP contribution in [0.4, 0.5) is 0 Å². The lowest BCUT2D eigenvalue weighted by Crippen LogP contribution is -2.13. The van der Waals surface area contributed by atoms with Gasteiger partial charge in [-0.15, -0.1) is 17.0 Å². The standard InChI is InChI=1S/C10H15N.BrH/c1-2-8-11-9-10-6-4-3-5-7-10;/h3-7,11H,2,8-9H2,1H3;1H. The van der Waals surface area contributed by atoms with Crippen LogP contribution in [-0.4, -0.2) is 6.54 Å². The van der Waals surface area contributed by atoms with E-state index in [2.05, 4.69) is 36.5 Å². The fourth-order valence-corrected chi connectivity index (χ4v) is 1.01. The van der Waals surface area contributed by atoms with Gasteiger partial charge in [0.1, 0.15) is 0 Å². The van der Waals surface area contributed by atoms with Gasteiger partial charge in [-0.05, 0) is 18.5 Å². The van der Waals surface area contributed by atoms with Gasteiger partial charge in [0, 0.05) is 6.54 Å². The Morgan fingerprint density at radius 1 is 1.17 bits per heavy atom. The third kappa shape index (κ3) is 4.52. The van der Waals surface area contributed by atoms with Crippen molar-refractivity contribution in [3.8, 4) is 0 Å². The van der Waals surface area contributed by atoms with Gasteiger partial charge in [0.25, 0.3) is 0 Å². The van der Waals surface area contributed by atoms with Crippen molar-refractivity contribution < 1.29 is 0 Å². The molecule has 0 heterocycles. The van der Waals surface area contributed by atoms with E-state index in [0.29, 0.717) is 0 Å². The van der Waals surface area contributed by atoms with Crippen LogP contribution in [0, 0.1) is 0 Å². The second kappa shape index (κ2) is 7.32. The summed E-state index contributed by atoms with van der Waals surface area (Å²) in [6, 6.07) is 10.5. The van der Waals surface area contributed by atoms with Crippen LogP contribution in [0.1, 0.15) is 18.9 Å². The topological polar surface area (TPSA) is 12.0 Å². The number of rotatable bonds is 4. The van der Waals surface area contributed by atoms with E-state index in [0.717, 1.165) is 13.1 Å². The van der Waals surface area contributed by atoms with Crippen LogP contribution in [0.15, 0.2) is 30.3 Å². The highest BCUT2D eigenvalue weighted by atomic mass is 79.9. The lowest BCUT2D eigenvalue weighted by atomic mass is 10.2. The number of hydrogen-bond donors (Lipinski definition) is 1. The predicted octanol–water partition coefficient (Wildman–Crippen LogP) is 2.76. The van der Waals surface area contributed by atoms with Gasteiger partial charge in [-0.2, -0.15) is 0 Å². The lowest BCUT2D eigenvalue weighted by Gasteiger charge is -2.01. The SMILES string of the molecule is Br.CCCNCc1ccccc1. The van der Waals surface area contributed by atoms with Crippen LogP contribution in [0.5, 0.6) is 0 Å². The van der Waals surface area contributed by atoms with Crippen LogP contribution in [-0.2, 0) is 6.54 Å². The van der Waals surface area contributed by atoms with Crippen molar-refractivity contribution in [3.63, 3.8) is 0 Å². The molecule has 1 N–H and O–H groups in total. The van der Waals surface area contributed by atoms with Crippen molar-refractivity contribution in [1.82, 2.24) is 5.32 Å². The predicted molar refractivity (Wildman–Crippen MR) is 58.8 cm³/mol. The maximum absolute atomic E-state index is 3.35. The minimum Gasteiger partial charge on any atom is -0.313 e. The maximum Gasteiger partial charge on any atom is 0.0205 e. The van der Waals surface area contributed by atoms with Crippen molar-refractivity contribution in [3.05, 3.63) is 35.9 Å². The van der Waals surface area contributed by atoms with Gasteiger partial charge >= 0.3 is 0 Å². The normalized spacial score (nSPS) is 9.08. The van der Waals surface area contributed by atoms with E-state index in [4.69, 9.17) is 0 Å². The zero-order valence-corrected chi connectivity index (χ0v) is 9.13. The molecule has 1 aromatic carbocycles. The summed E-state index contributed by atoms with van der Waals surface area (Å²) in [5.41, 5.74) is 1.36. The van der Waals surface area contributed by atoms with E-state index in [9.17, 15) is 0 Å². The molecule has 0 aliphatic rings. The molecule has 1 rings (SSSR count). The van der Waals surface area contributed by atoms with Gasteiger partial charge in [-0.1, -0.05) is 37.3 Å². The van der Waals surface area contributed by atoms with Crippen LogP contribution in [0.25, 0.3) is 0 Å². The van der Waals surface area contributed by atoms with Crippen LogP contribution in [0.3, 0.4) is 0 Å². The third-order valence-corrected chi connectivity index (χ3v) is 1.60. The van der Waals surface area contributed by atoms with E-state index in [-0.39, 0.29) is 17.0 Å². The Labute approximate surface area is 85.0 Å². The zero-order chi connectivity index (χ0) is 7.94. The van der Waals surface area contributed by atoms with Crippen LogP contribution < -0.4 is 5.32 Å². The number of hydrogen-bond acceptors (Lipinski definition) is 1. The van der Waals surface area contributed by atoms with E-state index < -0.39 is 0 Å². The first-order valence-corrected chi connectivity index (χ1v) is 4.18. The highest BCUT2D eigenvalue weighted by molar-refractivity contribution is 8.93. The monoisotopic (exact) mass is 229 g/mol. The van der Waals surface area contributed by atoms with Gasteiger partial charge in [0.05, 0.1) is 0 Å². The summed E-state index contributed by atoms with van der Waals surface area (Å²) >= 11 is 0. The molecule has 0 aliphatic carbocycles. The molecule has 0 amide bonds. The van der Waals surface area contributed by atoms with Crippen molar-refractivity contribution in [2.24, 2.45) is 0 Å². The fourth-order valence-electron chi connectivity index (χ4n) is 1.01. The van der Waals surface area contributed by atoms with Crippen molar-refractivity contribution >= 4 is 17.0 Å².